The third-order valence-corrected chi connectivity index (χ3v) is 3.27. The van der Waals surface area contributed by atoms with Crippen LogP contribution in [0.4, 0.5) is 20.2 Å². The van der Waals surface area contributed by atoms with Crippen LogP contribution in [0.15, 0.2) is 42.5 Å². The van der Waals surface area contributed by atoms with E-state index in [1.54, 1.807) is 24.3 Å². The van der Waals surface area contributed by atoms with Crippen LogP contribution in [0.25, 0.3) is 0 Å². The Bertz CT molecular complexity index is 790. The van der Waals surface area contributed by atoms with Gasteiger partial charge in [-0.3, -0.25) is 10.1 Å². The average molecular weight is 333 g/mol. The summed E-state index contributed by atoms with van der Waals surface area (Å²) in [5.41, 5.74) is 1.14. The van der Waals surface area contributed by atoms with Crippen molar-refractivity contribution in [2.75, 3.05) is 5.32 Å². The Kier molecular flexibility index (Phi) is 5.27. The third kappa shape index (κ3) is 4.16. The molecule has 0 aliphatic heterocycles. The number of nitriles is 1. The SMILES string of the molecule is CC(Nc1ccc([N+](=O)[O-])c(OC(F)F)c1)c1cccc(C#N)c1. The first kappa shape index (κ1) is 17.1. The molecule has 0 aliphatic carbocycles. The lowest BCUT2D eigenvalue weighted by Gasteiger charge is -2.16. The molecule has 0 saturated heterocycles. The zero-order valence-corrected chi connectivity index (χ0v) is 12.6. The molecule has 2 aromatic carbocycles. The molecule has 6 nitrogen and oxygen atoms in total. The second-order valence-electron chi connectivity index (χ2n) is 4.92. The number of anilines is 1. The number of ether oxygens (including phenoxy) is 1. The fraction of sp³-hybridized carbons (Fsp3) is 0.188. The van der Waals surface area contributed by atoms with E-state index < -0.39 is 23.0 Å². The fourth-order valence-electron chi connectivity index (χ4n) is 2.16. The number of nitro benzene ring substituents is 1. The molecule has 0 fully saturated rings. The van der Waals surface area contributed by atoms with Crippen LogP contribution < -0.4 is 10.1 Å². The molecule has 124 valence electrons. The molecule has 0 radical (unpaired) electrons. The van der Waals surface area contributed by atoms with E-state index in [1.165, 1.54) is 6.07 Å². The molecule has 0 spiro atoms. The molecule has 0 aromatic heterocycles. The van der Waals surface area contributed by atoms with Crippen molar-refractivity contribution in [1.29, 1.82) is 5.26 Å². The van der Waals surface area contributed by atoms with E-state index in [0.29, 0.717) is 11.3 Å². The van der Waals surface area contributed by atoms with E-state index in [9.17, 15) is 18.9 Å². The third-order valence-electron chi connectivity index (χ3n) is 3.27. The van der Waals surface area contributed by atoms with Crippen LogP contribution in [-0.4, -0.2) is 11.5 Å². The van der Waals surface area contributed by atoms with Gasteiger partial charge in [0.2, 0.25) is 5.75 Å². The zero-order chi connectivity index (χ0) is 17.7. The molecule has 24 heavy (non-hydrogen) atoms. The molecular formula is C16H13F2N3O3. The first-order chi connectivity index (χ1) is 11.4. The van der Waals surface area contributed by atoms with Gasteiger partial charge in [0.15, 0.2) is 0 Å². The summed E-state index contributed by atoms with van der Waals surface area (Å²) < 4.78 is 29.0. The Balaban J connectivity index is 2.25. The van der Waals surface area contributed by atoms with Crippen LogP contribution in [0.2, 0.25) is 0 Å². The second-order valence-corrected chi connectivity index (χ2v) is 4.92. The number of benzene rings is 2. The average Bonchev–Trinajstić information content (AvgIpc) is 2.54. The number of hydrogen-bond donors (Lipinski definition) is 1. The maximum atomic E-state index is 12.4. The van der Waals surface area contributed by atoms with Crippen LogP contribution >= 0.6 is 0 Å². The first-order valence-electron chi connectivity index (χ1n) is 6.90. The minimum absolute atomic E-state index is 0.251. The lowest BCUT2D eigenvalue weighted by atomic mass is 10.1. The highest BCUT2D eigenvalue weighted by Crippen LogP contribution is 2.32. The summed E-state index contributed by atoms with van der Waals surface area (Å²) >= 11 is 0. The Morgan fingerprint density at radius 2 is 2.04 bits per heavy atom. The second kappa shape index (κ2) is 7.37. The number of hydrogen-bond acceptors (Lipinski definition) is 5. The number of nitrogens with zero attached hydrogens (tertiary/aromatic N) is 2. The van der Waals surface area contributed by atoms with E-state index >= 15 is 0 Å². The number of nitro groups is 1. The summed E-state index contributed by atoms with van der Waals surface area (Å²) in [6.07, 6.45) is 0. The van der Waals surface area contributed by atoms with Gasteiger partial charge in [-0.25, -0.2) is 0 Å². The molecular weight excluding hydrogens is 320 g/mol. The minimum Gasteiger partial charge on any atom is -0.427 e. The van der Waals surface area contributed by atoms with Crippen LogP contribution in [0.5, 0.6) is 5.75 Å². The Hall–Kier alpha value is -3.21. The van der Waals surface area contributed by atoms with Crippen molar-refractivity contribution < 1.29 is 18.4 Å². The Morgan fingerprint density at radius 3 is 2.67 bits per heavy atom. The Labute approximate surface area is 136 Å². The largest absolute Gasteiger partial charge is 0.427 e. The van der Waals surface area contributed by atoms with Gasteiger partial charge in [0.05, 0.1) is 16.6 Å². The van der Waals surface area contributed by atoms with Gasteiger partial charge in [0.1, 0.15) is 0 Å². The maximum absolute atomic E-state index is 12.4. The van der Waals surface area contributed by atoms with Gasteiger partial charge >= 0.3 is 12.3 Å². The van der Waals surface area contributed by atoms with Gasteiger partial charge in [0, 0.05) is 23.9 Å². The lowest BCUT2D eigenvalue weighted by Crippen LogP contribution is -2.08. The molecule has 0 bridgehead atoms. The quantitative estimate of drug-likeness (QED) is 0.631. The van der Waals surface area contributed by atoms with Crippen molar-refractivity contribution in [3.05, 3.63) is 63.7 Å². The predicted octanol–water partition coefficient (Wildman–Crippen LogP) is 4.24. The molecule has 0 amide bonds. The highest BCUT2D eigenvalue weighted by molar-refractivity contribution is 5.58. The smallest absolute Gasteiger partial charge is 0.387 e. The maximum Gasteiger partial charge on any atom is 0.387 e. The van der Waals surface area contributed by atoms with Crippen molar-refractivity contribution in [2.24, 2.45) is 0 Å². The fourth-order valence-corrected chi connectivity index (χ4v) is 2.16. The van der Waals surface area contributed by atoms with Gasteiger partial charge in [-0.15, -0.1) is 0 Å². The Morgan fingerprint density at radius 1 is 1.29 bits per heavy atom. The van der Waals surface area contributed by atoms with Crippen molar-refractivity contribution in [3.63, 3.8) is 0 Å². The molecule has 1 unspecified atom stereocenters. The van der Waals surface area contributed by atoms with Gasteiger partial charge in [-0.05, 0) is 30.7 Å². The molecule has 0 aliphatic rings. The van der Waals surface area contributed by atoms with E-state index in [1.807, 2.05) is 13.0 Å². The van der Waals surface area contributed by atoms with E-state index in [0.717, 1.165) is 17.7 Å². The molecule has 1 atom stereocenters. The standard InChI is InChI=1S/C16H13F2N3O3/c1-10(12-4-2-3-11(7-12)9-19)20-13-5-6-14(21(22)23)15(8-13)24-16(17)18/h2-8,10,16,20H,1H3. The number of alkyl halides is 2. The lowest BCUT2D eigenvalue weighted by molar-refractivity contribution is -0.386. The van der Waals surface area contributed by atoms with Gasteiger partial charge in [-0.1, -0.05) is 12.1 Å². The van der Waals surface area contributed by atoms with E-state index in [-0.39, 0.29) is 6.04 Å². The van der Waals surface area contributed by atoms with Crippen molar-refractivity contribution in [1.82, 2.24) is 0 Å². The minimum atomic E-state index is -3.16. The molecule has 0 heterocycles. The molecule has 2 rings (SSSR count). The van der Waals surface area contributed by atoms with Gasteiger partial charge in [0.25, 0.3) is 0 Å². The predicted molar refractivity (Wildman–Crippen MR) is 82.9 cm³/mol. The first-order valence-corrected chi connectivity index (χ1v) is 6.90. The van der Waals surface area contributed by atoms with Crippen molar-refractivity contribution >= 4 is 11.4 Å². The monoisotopic (exact) mass is 333 g/mol. The molecule has 2 aromatic rings. The summed E-state index contributed by atoms with van der Waals surface area (Å²) in [6, 6.07) is 12.3. The summed E-state index contributed by atoms with van der Waals surface area (Å²) in [5, 5.41) is 22.8. The van der Waals surface area contributed by atoms with E-state index in [2.05, 4.69) is 10.1 Å². The van der Waals surface area contributed by atoms with Crippen LogP contribution in [-0.2, 0) is 0 Å². The summed E-state index contributed by atoms with van der Waals surface area (Å²) in [5.74, 6) is -0.516. The molecule has 0 saturated carbocycles. The number of nitrogens with one attached hydrogen (secondary N) is 1. The van der Waals surface area contributed by atoms with Crippen LogP contribution in [0, 0.1) is 21.4 Å². The summed E-state index contributed by atoms with van der Waals surface area (Å²) in [6.45, 7) is -1.35. The molecule has 1 N–H and O–H groups in total. The van der Waals surface area contributed by atoms with Crippen LogP contribution in [0.3, 0.4) is 0 Å². The van der Waals surface area contributed by atoms with Gasteiger partial charge < -0.3 is 10.1 Å². The van der Waals surface area contributed by atoms with Crippen molar-refractivity contribution in [3.8, 4) is 11.8 Å². The highest BCUT2D eigenvalue weighted by Gasteiger charge is 2.19. The van der Waals surface area contributed by atoms with Crippen LogP contribution in [0.1, 0.15) is 24.1 Å². The summed E-state index contributed by atoms with van der Waals surface area (Å²) in [4.78, 5) is 10.1. The topological polar surface area (TPSA) is 88.2 Å². The molecule has 8 heteroatoms. The summed E-state index contributed by atoms with van der Waals surface area (Å²) in [7, 11) is 0. The zero-order valence-electron chi connectivity index (χ0n) is 12.6. The van der Waals surface area contributed by atoms with E-state index in [4.69, 9.17) is 5.26 Å². The van der Waals surface area contributed by atoms with Gasteiger partial charge in [-0.2, -0.15) is 14.0 Å². The number of halogens is 2. The normalized spacial score (nSPS) is 11.6. The highest BCUT2D eigenvalue weighted by atomic mass is 19.3. The number of rotatable bonds is 6. The van der Waals surface area contributed by atoms with Crippen molar-refractivity contribution in [2.45, 2.75) is 19.6 Å².